The predicted octanol–water partition coefficient (Wildman–Crippen LogP) is 3.12. The van der Waals surface area contributed by atoms with Gasteiger partial charge in [-0.15, -0.1) is 11.3 Å². The molecule has 1 aromatic heterocycles. The van der Waals surface area contributed by atoms with E-state index in [-0.39, 0.29) is 5.56 Å². The summed E-state index contributed by atoms with van der Waals surface area (Å²) in [6, 6.07) is 4.10. The van der Waals surface area contributed by atoms with Gasteiger partial charge in [0.1, 0.15) is 0 Å². The Morgan fingerprint density at radius 1 is 1.32 bits per heavy atom. The molecule has 1 heterocycles. The quantitative estimate of drug-likeness (QED) is 0.828. The summed E-state index contributed by atoms with van der Waals surface area (Å²) in [6.07, 6.45) is 0. The fourth-order valence-electron chi connectivity index (χ4n) is 1.97. The summed E-state index contributed by atoms with van der Waals surface area (Å²) in [7, 11) is 0. The Kier molecular flexibility index (Phi) is 5.20. The summed E-state index contributed by atoms with van der Waals surface area (Å²) in [5.41, 5.74) is -0.0365. The van der Waals surface area contributed by atoms with Gasteiger partial charge in [-0.1, -0.05) is 6.07 Å². The average Bonchev–Trinajstić information content (AvgIpc) is 3.03. The van der Waals surface area contributed by atoms with Gasteiger partial charge in [-0.05, 0) is 36.1 Å². The number of carbonyl (C=O) groups is 1. The summed E-state index contributed by atoms with van der Waals surface area (Å²) in [6.45, 7) is 1.12. The molecule has 1 aromatic carbocycles. The molecule has 2 aromatic rings. The van der Waals surface area contributed by atoms with E-state index in [2.05, 4.69) is 5.32 Å². The number of hydrogen-bond donors (Lipinski definition) is 2. The molecule has 3 nitrogen and oxygen atoms in total. The summed E-state index contributed by atoms with van der Waals surface area (Å²) < 4.78 is 39.5. The van der Waals surface area contributed by atoms with E-state index >= 15 is 0 Å². The molecule has 2 rings (SSSR count). The molecule has 0 radical (unpaired) electrons. The minimum absolute atomic E-state index is 0.0365. The van der Waals surface area contributed by atoms with Gasteiger partial charge in [0.15, 0.2) is 17.5 Å². The minimum atomic E-state index is -1.58. The molecule has 0 fully saturated rings. The van der Waals surface area contributed by atoms with Crippen LogP contribution in [0, 0.1) is 17.5 Å². The third kappa shape index (κ3) is 3.48. The molecule has 0 saturated heterocycles. The van der Waals surface area contributed by atoms with E-state index in [9.17, 15) is 23.1 Å². The summed E-state index contributed by atoms with van der Waals surface area (Å²) in [5, 5.41) is 13.7. The molecule has 2 atom stereocenters. The Bertz CT molecular complexity index is 638. The second kappa shape index (κ2) is 6.93. The fourth-order valence-corrected chi connectivity index (χ4v) is 2.76. The molecule has 7 heteroatoms. The first-order valence-electron chi connectivity index (χ1n) is 6.53. The molecule has 22 heavy (non-hydrogen) atoms. The fraction of sp³-hybridized carbons (Fsp3) is 0.267. The zero-order valence-electron chi connectivity index (χ0n) is 11.6. The van der Waals surface area contributed by atoms with E-state index in [0.717, 1.165) is 17.0 Å². The van der Waals surface area contributed by atoms with Crippen molar-refractivity contribution in [1.29, 1.82) is 0 Å². The zero-order chi connectivity index (χ0) is 16.3. The van der Waals surface area contributed by atoms with Crippen LogP contribution in [0.15, 0.2) is 29.6 Å². The lowest BCUT2D eigenvalue weighted by Gasteiger charge is -2.19. The number of benzene rings is 1. The molecular formula is C15H14F3NO2S. The van der Waals surface area contributed by atoms with Gasteiger partial charge >= 0.3 is 0 Å². The van der Waals surface area contributed by atoms with E-state index in [4.69, 9.17) is 0 Å². The van der Waals surface area contributed by atoms with Crippen molar-refractivity contribution in [2.24, 2.45) is 0 Å². The second-order valence-corrected chi connectivity index (χ2v) is 5.76. The molecule has 2 N–H and O–H groups in total. The van der Waals surface area contributed by atoms with Crippen LogP contribution in [0.2, 0.25) is 0 Å². The van der Waals surface area contributed by atoms with Crippen molar-refractivity contribution in [3.05, 3.63) is 57.5 Å². The number of halogens is 3. The minimum Gasteiger partial charge on any atom is -0.394 e. The van der Waals surface area contributed by atoms with E-state index in [1.54, 1.807) is 19.1 Å². The highest BCUT2D eigenvalue weighted by Crippen LogP contribution is 2.23. The molecular weight excluding hydrogens is 315 g/mol. The smallest absolute Gasteiger partial charge is 0.228 e. The van der Waals surface area contributed by atoms with Crippen LogP contribution in [0.1, 0.15) is 29.3 Å². The zero-order valence-corrected chi connectivity index (χ0v) is 12.5. The molecule has 1 amide bonds. The van der Waals surface area contributed by atoms with Gasteiger partial charge < -0.3 is 10.4 Å². The number of thiophene rings is 1. The average molecular weight is 329 g/mol. The molecule has 0 bridgehead atoms. The highest BCUT2D eigenvalue weighted by molar-refractivity contribution is 7.10. The molecule has 2 unspecified atom stereocenters. The van der Waals surface area contributed by atoms with Gasteiger partial charge in [-0.25, -0.2) is 13.2 Å². The van der Waals surface area contributed by atoms with Gasteiger partial charge in [0.05, 0.1) is 18.6 Å². The van der Waals surface area contributed by atoms with Crippen LogP contribution in [0.5, 0.6) is 0 Å². The van der Waals surface area contributed by atoms with Crippen molar-refractivity contribution in [2.75, 3.05) is 6.61 Å². The Labute approximate surface area is 129 Å². The summed E-state index contributed by atoms with van der Waals surface area (Å²) in [4.78, 5) is 13.0. The number of rotatable bonds is 5. The number of aliphatic hydroxyl groups excluding tert-OH is 1. The van der Waals surface area contributed by atoms with Crippen LogP contribution in [0.25, 0.3) is 0 Å². The van der Waals surface area contributed by atoms with Gasteiger partial charge in [0.2, 0.25) is 5.91 Å². The lowest BCUT2D eigenvalue weighted by molar-refractivity contribution is -0.123. The van der Waals surface area contributed by atoms with E-state index in [0.29, 0.717) is 0 Å². The highest BCUT2D eigenvalue weighted by atomic mass is 32.1. The van der Waals surface area contributed by atoms with Crippen molar-refractivity contribution >= 4 is 17.2 Å². The maximum absolute atomic E-state index is 13.2. The van der Waals surface area contributed by atoms with Crippen molar-refractivity contribution in [3.8, 4) is 0 Å². The standard InChI is InChI=1S/C15H14F3NO2S/c1-8(13-3-2-4-22-13)15(21)19-12(7-20)9-5-10(16)14(18)11(17)6-9/h2-6,8,12,20H,7H2,1H3,(H,19,21). The molecule has 0 aliphatic rings. The van der Waals surface area contributed by atoms with Crippen molar-refractivity contribution in [2.45, 2.75) is 18.9 Å². The Balaban J connectivity index is 2.17. The van der Waals surface area contributed by atoms with Crippen molar-refractivity contribution < 1.29 is 23.1 Å². The van der Waals surface area contributed by atoms with E-state index in [1.807, 2.05) is 5.38 Å². The maximum Gasteiger partial charge on any atom is 0.228 e. The van der Waals surface area contributed by atoms with Crippen LogP contribution in [-0.4, -0.2) is 17.6 Å². The van der Waals surface area contributed by atoms with Gasteiger partial charge in [-0.2, -0.15) is 0 Å². The molecule has 118 valence electrons. The first-order valence-corrected chi connectivity index (χ1v) is 7.41. The number of amides is 1. The molecule has 0 aliphatic carbocycles. The van der Waals surface area contributed by atoms with Crippen LogP contribution in [0.3, 0.4) is 0 Å². The predicted molar refractivity (Wildman–Crippen MR) is 77.0 cm³/mol. The van der Waals surface area contributed by atoms with Crippen LogP contribution in [0.4, 0.5) is 13.2 Å². The Morgan fingerprint density at radius 3 is 2.45 bits per heavy atom. The van der Waals surface area contributed by atoms with Crippen molar-refractivity contribution in [3.63, 3.8) is 0 Å². The summed E-state index contributed by atoms with van der Waals surface area (Å²) in [5.74, 6) is -5.18. The summed E-state index contributed by atoms with van der Waals surface area (Å²) >= 11 is 1.40. The lowest BCUT2D eigenvalue weighted by atomic mass is 10.0. The highest BCUT2D eigenvalue weighted by Gasteiger charge is 2.22. The monoisotopic (exact) mass is 329 g/mol. The largest absolute Gasteiger partial charge is 0.394 e. The van der Waals surface area contributed by atoms with Crippen molar-refractivity contribution in [1.82, 2.24) is 5.32 Å². The van der Waals surface area contributed by atoms with E-state index < -0.39 is 41.9 Å². The number of carbonyl (C=O) groups excluding carboxylic acids is 1. The third-order valence-corrected chi connectivity index (χ3v) is 4.33. The lowest BCUT2D eigenvalue weighted by Crippen LogP contribution is -2.33. The van der Waals surface area contributed by atoms with Gasteiger partial charge in [0, 0.05) is 4.88 Å². The SMILES string of the molecule is CC(C(=O)NC(CO)c1cc(F)c(F)c(F)c1)c1cccs1. The molecule has 0 aliphatic heterocycles. The number of nitrogens with one attached hydrogen (secondary N) is 1. The maximum atomic E-state index is 13.2. The third-order valence-electron chi connectivity index (χ3n) is 3.27. The first kappa shape index (κ1) is 16.5. The van der Waals surface area contributed by atoms with Crippen LogP contribution in [-0.2, 0) is 4.79 Å². The number of hydrogen-bond acceptors (Lipinski definition) is 3. The van der Waals surface area contributed by atoms with Crippen LogP contribution >= 0.6 is 11.3 Å². The Morgan fingerprint density at radius 2 is 1.95 bits per heavy atom. The number of aliphatic hydroxyl groups is 1. The second-order valence-electron chi connectivity index (χ2n) is 4.78. The molecule has 0 spiro atoms. The van der Waals surface area contributed by atoms with Gasteiger partial charge in [0.25, 0.3) is 0 Å². The van der Waals surface area contributed by atoms with Crippen LogP contribution < -0.4 is 5.32 Å². The van der Waals surface area contributed by atoms with Gasteiger partial charge in [-0.3, -0.25) is 4.79 Å². The first-order chi connectivity index (χ1) is 10.4. The topological polar surface area (TPSA) is 49.3 Å². The molecule has 0 saturated carbocycles. The normalized spacial score (nSPS) is 13.7. The van der Waals surface area contributed by atoms with E-state index in [1.165, 1.54) is 11.3 Å². The Hall–Kier alpha value is -1.86.